The van der Waals surface area contributed by atoms with Crippen LogP contribution in [0.4, 0.5) is 22.7 Å². The Balaban J connectivity index is 1.02. The second-order valence-electron chi connectivity index (χ2n) is 15.8. The van der Waals surface area contributed by atoms with E-state index >= 15 is 0 Å². The fourth-order valence-corrected chi connectivity index (χ4v) is 8.84. The van der Waals surface area contributed by atoms with Crippen LogP contribution in [0.5, 0.6) is 0 Å². The first kappa shape index (κ1) is 36.0. The molecule has 1 aliphatic carbocycles. The number of azo groups is 1. The summed E-state index contributed by atoms with van der Waals surface area (Å²) in [6.07, 6.45) is 0. The highest BCUT2D eigenvalue weighted by atomic mass is 15.1. The van der Waals surface area contributed by atoms with E-state index in [-0.39, 0.29) is 11.5 Å². The first-order valence-electron chi connectivity index (χ1n) is 20.4. The Hall–Kier alpha value is -7.36. The van der Waals surface area contributed by atoms with E-state index in [9.17, 15) is 0 Å². The first-order chi connectivity index (χ1) is 29.0. The zero-order valence-corrected chi connectivity index (χ0v) is 33.2. The van der Waals surface area contributed by atoms with Crippen LogP contribution >= 0.6 is 0 Å². The molecule has 0 heterocycles. The molecule has 0 aromatic heterocycles. The quantitative estimate of drug-likeness (QED) is 0.135. The smallest absolute Gasteiger partial charge is 0.121 e. The van der Waals surface area contributed by atoms with Gasteiger partial charge in [-0.2, -0.15) is 10.2 Å². The minimum atomic E-state index is -0.201. The van der Waals surface area contributed by atoms with E-state index in [2.05, 4.69) is 225 Å². The highest BCUT2D eigenvalue weighted by molar-refractivity contribution is 6.02. The van der Waals surface area contributed by atoms with E-state index in [4.69, 9.17) is 10.2 Å². The summed E-state index contributed by atoms with van der Waals surface area (Å²) in [5.41, 5.74) is 16.4. The maximum Gasteiger partial charge on any atom is 0.121 e. The molecule has 0 atom stereocenters. The third-order valence-electron chi connectivity index (χ3n) is 11.9. The van der Waals surface area contributed by atoms with Gasteiger partial charge in [0.2, 0.25) is 0 Å². The van der Waals surface area contributed by atoms with Gasteiger partial charge in [0.05, 0.1) is 5.69 Å². The molecule has 10 rings (SSSR count). The van der Waals surface area contributed by atoms with Crippen molar-refractivity contribution >= 4 is 33.5 Å². The average Bonchev–Trinajstić information content (AvgIpc) is 3.53. The lowest BCUT2D eigenvalue weighted by Crippen LogP contribution is -2.16. The van der Waals surface area contributed by atoms with Gasteiger partial charge < -0.3 is 4.90 Å². The summed E-state index contributed by atoms with van der Waals surface area (Å²) in [7, 11) is 0. The Morgan fingerprint density at radius 2 is 0.881 bits per heavy atom. The molecule has 0 fully saturated rings. The summed E-state index contributed by atoms with van der Waals surface area (Å²) in [6, 6.07) is 77.7. The molecular weight excluding hydrogens is 715 g/mol. The Morgan fingerprint density at radius 3 is 1.54 bits per heavy atom. The molecule has 0 spiro atoms. The van der Waals surface area contributed by atoms with E-state index < -0.39 is 0 Å². The molecule has 0 aliphatic heterocycles. The number of rotatable bonds is 9. The van der Waals surface area contributed by atoms with Crippen molar-refractivity contribution in [1.29, 1.82) is 0 Å². The third kappa shape index (κ3) is 6.71. The van der Waals surface area contributed by atoms with Crippen LogP contribution in [0, 0.1) is 0 Å². The van der Waals surface area contributed by atoms with Crippen molar-refractivity contribution in [3.05, 3.63) is 241 Å². The summed E-state index contributed by atoms with van der Waals surface area (Å²) >= 11 is 0. The maximum absolute atomic E-state index is 4.96. The van der Waals surface area contributed by atoms with Crippen molar-refractivity contribution in [3.63, 3.8) is 0 Å². The van der Waals surface area contributed by atoms with Crippen molar-refractivity contribution < 1.29 is 0 Å². The van der Waals surface area contributed by atoms with E-state index in [0.29, 0.717) is 0 Å². The summed E-state index contributed by atoms with van der Waals surface area (Å²) in [6.45, 7) is 4.69. The molecule has 9 aromatic rings. The lowest BCUT2D eigenvalue weighted by Gasteiger charge is -2.28. The number of fused-ring (bicyclic) bond motifs is 4. The molecule has 0 saturated carbocycles. The SMILES string of the molecule is CC1(C)c2ccccc2-c2ccc(N(c3ccc(-c4ccccc4)cc3)c3ccc(-c4ccc(N=NC(c5ccccc5)c5ccccc5)c5ccccc45)cc3)cc21. The summed E-state index contributed by atoms with van der Waals surface area (Å²) in [5, 5.41) is 12.1. The van der Waals surface area contributed by atoms with Crippen LogP contribution < -0.4 is 4.90 Å². The second-order valence-corrected chi connectivity index (χ2v) is 15.8. The Bertz CT molecular complexity index is 2890. The Kier molecular flexibility index (Phi) is 9.27. The number of benzene rings is 9. The van der Waals surface area contributed by atoms with Gasteiger partial charge in [-0.15, -0.1) is 0 Å². The average molecular weight is 758 g/mol. The minimum absolute atomic E-state index is 0.106. The zero-order chi connectivity index (χ0) is 39.8. The highest BCUT2D eigenvalue weighted by Crippen LogP contribution is 2.51. The van der Waals surface area contributed by atoms with Gasteiger partial charge in [0.25, 0.3) is 0 Å². The monoisotopic (exact) mass is 757 g/mol. The minimum Gasteiger partial charge on any atom is -0.310 e. The lowest BCUT2D eigenvalue weighted by atomic mass is 9.82. The fraction of sp³-hybridized carbons (Fsp3) is 0.0714. The number of hydrogen-bond acceptors (Lipinski definition) is 3. The van der Waals surface area contributed by atoms with Crippen molar-refractivity contribution in [1.82, 2.24) is 0 Å². The molecule has 0 amide bonds. The van der Waals surface area contributed by atoms with Crippen molar-refractivity contribution in [3.8, 4) is 33.4 Å². The van der Waals surface area contributed by atoms with Crippen LogP contribution in [0.15, 0.2) is 229 Å². The number of anilines is 3. The Morgan fingerprint density at radius 1 is 0.390 bits per heavy atom. The predicted molar refractivity (Wildman–Crippen MR) is 246 cm³/mol. The molecular formula is C56H43N3. The molecule has 9 aromatic carbocycles. The van der Waals surface area contributed by atoms with E-state index in [1.54, 1.807) is 0 Å². The normalized spacial score (nSPS) is 12.8. The molecule has 0 unspecified atom stereocenters. The summed E-state index contributed by atoms with van der Waals surface area (Å²) in [5.74, 6) is 0. The van der Waals surface area contributed by atoms with Gasteiger partial charge in [-0.05, 0) is 103 Å². The standard InChI is InChI=1S/C56H43N3/c1-56(2)52-25-15-14-23-49(52)50-35-34-46(38-53(50)56)59(44-30-26-40(27-31-44)39-16-6-3-7-17-39)45-32-28-41(29-33-45)47-36-37-54(51-24-13-12-22-48(47)51)57-58-55(42-18-8-4-9-19-42)43-20-10-5-11-21-43/h3-38,55H,1-2H3. The van der Waals surface area contributed by atoms with Gasteiger partial charge in [-0.1, -0.05) is 190 Å². The molecule has 0 saturated heterocycles. The van der Waals surface area contributed by atoms with Gasteiger partial charge in [0.15, 0.2) is 0 Å². The van der Waals surface area contributed by atoms with Crippen LogP contribution in [0.2, 0.25) is 0 Å². The van der Waals surface area contributed by atoms with Crippen molar-refractivity contribution in [2.45, 2.75) is 25.3 Å². The van der Waals surface area contributed by atoms with Crippen molar-refractivity contribution in [2.24, 2.45) is 10.2 Å². The van der Waals surface area contributed by atoms with Crippen LogP contribution in [0.3, 0.4) is 0 Å². The number of hydrogen-bond donors (Lipinski definition) is 0. The van der Waals surface area contributed by atoms with E-state index in [1.807, 2.05) is 12.1 Å². The van der Waals surface area contributed by atoms with E-state index in [1.165, 1.54) is 33.4 Å². The van der Waals surface area contributed by atoms with Gasteiger partial charge in [0, 0.05) is 27.9 Å². The zero-order valence-electron chi connectivity index (χ0n) is 33.2. The van der Waals surface area contributed by atoms with Gasteiger partial charge in [-0.3, -0.25) is 0 Å². The lowest BCUT2D eigenvalue weighted by molar-refractivity contribution is 0.660. The molecule has 0 N–H and O–H groups in total. The molecule has 3 nitrogen and oxygen atoms in total. The molecule has 1 aliphatic rings. The largest absolute Gasteiger partial charge is 0.310 e. The molecule has 3 heteroatoms. The topological polar surface area (TPSA) is 28.0 Å². The first-order valence-corrected chi connectivity index (χ1v) is 20.4. The molecule has 59 heavy (non-hydrogen) atoms. The molecule has 0 bridgehead atoms. The fourth-order valence-electron chi connectivity index (χ4n) is 8.84. The van der Waals surface area contributed by atoms with Gasteiger partial charge >= 0.3 is 0 Å². The van der Waals surface area contributed by atoms with Gasteiger partial charge in [-0.25, -0.2) is 0 Å². The van der Waals surface area contributed by atoms with E-state index in [0.717, 1.165) is 55.8 Å². The second kappa shape index (κ2) is 15.2. The highest BCUT2D eigenvalue weighted by Gasteiger charge is 2.35. The van der Waals surface area contributed by atoms with Crippen LogP contribution in [-0.4, -0.2) is 0 Å². The van der Waals surface area contributed by atoms with Crippen LogP contribution in [0.1, 0.15) is 42.1 Å². The van der Waals surface area contributed by atoms with Crippen molar-refractivity contribution in [2.75, 3.05) is 4.90 Å². The summed E-state index contributed by atoms with van der Waals surface area (Å²) in [4.78, 5) is 2.38. The molecule has 0 radical (unpaired) electrons. The van der Waals surface area contributed by atoms with Crippen LogP contribution in [-0.2, 0) is 5.41 Å². The third-order valence-corrected chi connectivity index (χ3v) is 11.9. The number of nitrogens with zero attached hydrogens (tertiary/aromatic N) is 3. The Labute approximate surface area is 346 Å². The molecule has 282 valence electrons. The summed E-state index contributed by atoms with van der Waals surface area (Å²) < 4.78 is 0. The van der Waals surface area contributed by atoms with Crippen LogP contribution in [0.25, 0.3) is 44.2 Å². The predicted octanol–water partition coefficient (Wildman–Crippen LogP) is 15.8. The van der Waals surface area contributed by atoms with Gasteiger partial charge in [0.1, 0.15) is 6.04 Å². The maximum atomic E-state index is 4.96.